The van der Waals surface area contributed by atoms with Gasteiger partial charge in [-0.25, -0.2) is 9.59 Å². The molecule has 3 saturated carbocycles. The molecule has 0 bridgehead atoms. The molecule has 0 aliphatic heterocycles. The Kier molecular flexibility index (Phi) is 21.7. The third kappa shape index (κ3) is 17.4. The maximum atomic E-state index is 14.0. The average molecular weight is 1030 g/mol. The Morgan fingerprint density at radius 3 is 2.12 bits per heavy atom. The molecule has 11 nitrogen and oxygen atoms in total. The van der Waals surface area contributed by atoms with E-state index in [9.17, 15) is 19.2 Å². The van der Waals surface area contributed by atoms with E-state index < -0.39 is 28.9 Å². The first-order valence-corrected chi connectivity index (χ1v) is 29.0. The highest BCUT2D eigenvalue weighted by atomic mass is 16.6. The number of carbonyl (C=O) groups excluding carboxylic acids is 4. The lowest BCUT2D eigenvalue weighted by Crippen LogP contribution is -2.51. The maximum Gasteiger partial charge on any atom is 0.408 e. The van der Waals surface area contributed by atoms with Crippen LogP contribution in [0.3, 0.4) is 0 Å². The van der Waals surface area contributed by atoms with Gasteiger partial charge in [0.05, 0.1) is 13.5 Å². The summed E-state index contributed by atoms with van der Waals surface area (Å²) in [7, 11) is 1.62. The number of amides is 3. The van der Waals surface area contributed by atoms with E-state index >= 15 is 0 Å². The van der Waals surface area contributed by atoms with Crippen molar-refractivity contribution in [2.45, 2.75) is 248 Å². The minimum Gasteiger partial charge on any atom is -0.497 e. The lowest BCUT2D eigenvalue weighted by Gasteiger charge is -2.58. The quantitative estimate of drug-likeness (QED) is 0.0406. The second kappa shape index (κ2) is 26.3. The van der Waals surface area contributed by atoms with Gasteiger partial charge in [0.15, 0.2) is 0 Å². The zero-order chi connectivity index (χ0) is 53.8. The molecule has 4 aliphatic carbocycles. The largest absolute Gasteiger partial charge is 0.497 e. The molecular formula is C62H113N3O8. The number of hydrogen-bond donors (Lipinski definition) is 2. The van der Waals surface area contributed by atoms with Crippen LogP contribution in [0.2, 0.25) is 0 Å². The number of nitrogens with one attached hydrogen (secondary N) is 2. The first-order valence-electron chi connectivity index (χ1n) is 29.0. The van der Waals surface area contributed by atoms with Gasteiger partial charge in [-0.15, -0.1) is 0 Å². The first-order chi connectivity index (χ1) is 34.3. The number of hydrogen-bond acceptors (Lipinski definition) is 8. The van der Waals surface area contributed by atoms with Crippen molar-refractivity contribution >= 4 is 24.1 Å². The van der Waals surface area contributed by atoms with Gasteiger partial charge in [-0.2, -0.15) is 0 Å². The minimum atomic E-state index is -0.622. The molecule has 4 aliphatic rings. The van der Waals surface area contributed by atoms with E-state index in [-0.39, 0.29) is 50.0 Å². The van der Waals surface area contributed by atoms with Gasteiger partial charge in [0.2, 0.25) is 5.91 Å². The SMILES string of the molecule is CC[C@H](CC[C@@H](C)C1CCC2[C@@H]3CC=C4C[C@@H](OC(=O)CCC(=O)N(CCCCCCCC(C)(C)NC(=O)OCc5ccc(OC)cc5)CCC(C)(C)NC(=O)OC(C)(C)C)CC[C@]4(C)C3CC[C@@]21C)C(C)C.[HH].[HH].[HH].[HH].[HH]. The lowest BCUT2D eigenvalue weighted by atomic mass is 9.47. The number of rotatable bonds is 26. The van der Waals surface area contributed by atoms with Crippen LogP contribution in [0, 0.1) is 52.3 Å². The molecule has 5 rings (SSSR count). The van der Waals surface area contributed by atoms with E-state index in [2.05, 4.69) is 58.3 Å². The summed E-state index contributed by atoms with van der Waals surface area (Å²) in [5.41, 5.74) is 1.36. The molecule has 0 heterocycles. The maximum absolute atomic E-state index is 14.0. The second-order valence-corrected chi connectivity index (χ2v) is 26.4. The number of esters is 1. The normalized spacial score (nSPS) is 25.8. The number of benzene rings is 1. The molecule has 11 heteroatoms. The zero-order valence-corrected chi connectivity index (χ0v) is 48.5. The Bertz CT molecular complexity index is 2000. The molecular weight excluding hydrogens is 915 g/mol. The Morgan fingerprint density at radius 1 is 0.781 bits per heavy atom. The molecule has 0 aromatic heterocycles. The summed E-state index contributed by atoms with van der Waals surface area (Å²) in [5, 5.41) is 6.00. The Labute approximate surface area is 451 Å². The standard InChI is InChI=1S/C62H103N3O8.5H2/c1-15-46(43(2)3)24-21-44(4)51-29-30-52-50-28-25-47-41-49(33-36-61(47,12)53(50)34-37-62(51,52)13)72-55(67)32-31-54(66)65(40-38-60(10,11)64-57(69)73-58(5,6)7)39-20-18-16-17-19-35-59(8,9)63-56(68)71-42-45-22-26-48(70-14)27-23-45;;;;;/h22-23,25-27,43-44,46,49-53H,15-21,24,28-42H2,1-14H3,(H,63,68)(H,64,69);5*1H/t44-,46-,49+,50+,51?,52?,53?,61+,62-;;;;;/m1...../s1. The average Bonchev–Trinajstić information content (AvgIpc) is 3.67. The van der Waals surface area contributed by atoms with Crippen LogP contribution in [-0.2, 0) is 30.4 Å². The van der Waals surface area contributed by atoms with Crippen molar-refractivity contribution in [3.05, 3.63) is 41.5 Å². The summed E-state index contributed by atoms with van der Waals surface area (Å²) >= 11 is 0. The van der Waals surface area contributed by atoms with E-state index in [1.807, 2.05) is 77.6 Å². The predicted octanol–water partition coefficient (Wildman–Crippen LogP) is 16.2. The molecule has 9 atom stereocenters. The molecule has 0 saturated heterocycles. The van der Waals surface area contributed by atoms with Crippen molar-refractivity contribution in [2.24, 2.45) is 52.3 Å². The van der Waals surface area contributed by atoms with E-state index in [1.165, 1.54) is 50.5 Å². The number of fused-ring (bicyclic) bond motifs is 5. The number of ether oxygens (including phenoxy) is 4. The van der Waals surface area contributed by atoms with E-state index in [4.69, 9.17) is 18.9 Å². The van der Waals surface area contributed by atoms with E-state index in [0.717, 1.165) is 111 Å². The molecule has 1 aromatic rings. The third-order valence-corrected chi connectivity index (χ3v) is 18.5. The topological polar surface area (TPSA) is 132 Å². The summed E-state index contributed by atoms with van der Waals surface area (Å²) < 4.78 is 22.4. The second-order valence-electron chi connectivity index (χ2n) is 26.4. The Balaban J connectivity index is 0.0000119. The summed E-state index contributed by atoms with van der Waals surface area (Å²) in [4.78, 5) is 54.6. The molecule has 3 fully saturated rings. The van der Waals surface area contributed by atoms with Gasteiger partial charge in [-0.3, -0.25) is 9.59 Å². The van der Waals surface area contributed by atoms with Crippen molar-refractivity contribution in [1.29, 1.82) is 0 Å². The first kappa shape index (κ1) is 60.1. The van der Waals surface area contributed by atoms with Crippen molar-refractivity contribution in [3.8, 4) is 5.75 Å². The van der Waals surface area contributed by atoms with Crippen LogP contribution in [0.1, 0.15) is 231 Å². The highest BCUT2D eigenvalue weighted by Crippen LogP contribution is 2.67. The predicted molar refractivity (Wildman–Crippen MR) is 305 cm³/mol. The van der Waals surface area contributed by atoms with Gasteiger partial charge >= 0.3 is 18.2 Å². The van der Waals surface area contributed by atoms with Gasteiger partial charge in [0, 0.05) is 44.1 Å². The van der Waals surface area contributed by atoms with Crippen molar-refractivity contribution in [1.82, 2.24) is 15.5 Å². The lowest BCUT2D eigenvalue weighted by molar-refractivity contribution is -0.153. The van der Waals surface area contributed by atoms with Gasteiger partial charge in [-0.1, -0.05) is 104 Å². The van der Waals surface area contributed by atoms with Gasteiger partial charge < -0.3 is 34.5 Å². The molecule has 73 heavy (non-hydrogen) atoms. The molecule has 424 valence electrons. The van der Waals surface area contributed by atoms with Crippen LogP contribution in [0.4, 0.5) is 9.59 Å². The van der Waals surface area contributed by atoms with Crippen LogP contribution in [0.15, 0.2) is 35.9 Å². The number of alkyl carbamates (subject to hydrolysis) is 2. The van der Waals surface area contributed by atoms with Crippen LogP contribution in [-0.4, -0.2) is 71.9 Å². The molecule has 1 aromatic carbocycles. The van der Waals surface area contributed by atoms with Gasteiger partial charge in [0.1, 0.15) is 24.1 Å². The number of allylic oxidation sites excluding steroid dienone is 1. The minimum absolute atomic E-state index is 0. The molecule has 0 radical (unpaired) electrons. The fourth-order valence-corrected chi connectivity index (χ4v) is 14.1. The van der Waals surface area contributed by atoms with E-state index in [0.29, 0.717) is 30.8 Å². The highest BCUT2D eigenvalue weighted by Gasteiger charge is 2.59. The summed E-state index contributed by atoms with van der Waals surface area (Å²) in [6, 6.07) is 7.45. The van der Waals surface area contributed by atoms with Crippen LogP contribution in [0.5, 0.6) is 5.75 Å². The zero-order valence-electron chi connectivity index (χ0n) is 48.5. The van der Waals surface area contributed by atoms with Crippen LogP contribution < -0.4 is 15.4 Å². The van der Waals surface area contributed by atoms with Crippen LogP contribution in [0.25, 0.3) is 0 Å². The number of methoxy groups -OCH3 is 1. The summed E-state index contributed by atoms with van der Waals surface area (Å²) in [5.74, 6) is 5.92. The Morgan fingerprint density at radius 2 is 1.45 bits per heavy atom. The monoisotopic (exact) mass is 1030 g/mol. The molecule has 0 spiro atoms. The summed E-state index contributed by atoms with van der Waals surface area (Å²) in [6.45, 7) is 29.6. The summed E-state index contributed by atoms with van der Waals surface area (Å²) in [6.07, 6.45) is 21.1. The van der Waals surface area contributed by atoms with Crippen molar-refractivity contribution in [2.75, 3.05) is 20.2 Å². The van der Waals surface area contributed by atoms with Crippen molar-refractivity contribution < 1.29 is 45.3 Å². The fraction of sp³-hybridized carbons (Fsp3) is 0.806. The number of nitrogens with zero attached hydrogens (tertiary/aromatic N) is 1. The fourth-order valence-electron chi connectivity index (χ4n) is 14.1. The van der Waals surface area contributed by atoms with Crippen LogP contribution >= 0.6 is 0 Å². The Hall–Kier alpha value is -3.76. The molecule has 2 N–H and O–H groups in total. The number of unbranched alkanes of at least 4 members (excludes halogenated alkanes) is 4. The van der Waals surface area contributed by atoms with Crippen molar-refractivity contribution in [3.63, 3.8) is 0 Å². The van der Waals surface area contributed by atoms with Gasteiger partial charge in [-0.05, 0) is 189 Å². The smallest absolute Gasteiger partial charge is 0.408 e. The number of carbonyl (C=O) groups is 4. The molecule has 3 unspecified atom stereocenters. The van der Waals surface area contributed by atoms with Gasteiger partial charge in [0.25, 0.3) is 0 Å². The van der Waals surface area contributed by atoms with E-state index in [1.54, 1.807) is 7.11 Å². The third-order valence-electron chi connectivity index (χ3n) is 18.5. The highest BCUT2D eigenvalue weighted by molar-refractivity contribution is 5.81. The molecule has 3 amide bonds.